The molecule has 0 radical (unpaired) electrons. The van der Waals surface area contributed by atoms with Crippen LogP contribution in [0, 0.1) is 11.8 Å². The fourth-order valence-corrected chi connectivity index (χ4v) is 4.44. The highest BCUT2D eigenvalue weighted by Gasteiger charge is 2.42. The summed E-state index contributed by atoms with van der Waals surface area (Å²) in [6, 6.07) is 7.59. The molecule has 5 rings (SSSR count). The Morgan fingerprint density at radius 3 is 3.04 bits per heavy atom. The first-order chi connectivity index (χ1) is 11.7. The van der Waals surface area contributed by atoms with Crippen LogP contribution in [0.3, 0.4) is 0 Å². The average molecular weight is 326 g/mol. The molecule has 4 heterocycles. The highest BCUT2D eigenvalue weighted by Crippen LogP contribution is 2.44. The fourth-order valence-electron chi connectivity index (χ4n) is 4.44. The Kier molecular flexibility index (Phi) is 4.01. The number of pyridine rings is 1. The number of piperidine rings is 1. The van der Waals surface area contributed by atoms with E-state index in [-0.39, 0.29) is 6.04 Å². The number of fused-ring (bicyclic) bond motifs is 5. The van der Waals surface area contributed by atoms with Gasteiger partial charge in [-0.25, -0.2) is 4.39 Å². The van der Waals surface area contributed by atoms with Gasteiger partial charge in [-0.05, 0) is 61.1 Å². The first-order valence-corrected chi connectivity index (χ1v) is 8.64. The first-order valence-electron chi connectivity index (χ1n) is 8.64. The number of hydrogen-bond acceptors (Lipinski definition) is 3. The van der Waals surface area contributed by atoms with E-state index in [0.29, 0.717) is 18.3 Å². The van der Waals surface area contributed by atoms with Crippen molar-refractivity contribution in [2.24, 2.45) is 11.8 Å². The smallest absolute Gasteiger partial charge is 0.120 e. The number of halogens is 1. The predicted octanol–water partition coefficient (Wildman–Crippen LogP) is 4.15. The quantitative estimate of drug-likeness (QED) is 0.792. The van der Waals surface area contributed by atoms with Crippen molar-refractivity contribution in [3.05, 3.63) is 48.7 Å². The van der Waals surface area contributed by atoms with Gasteiger partial charge in [-0.15, -0.1) is 6.58 Å². The van der Waals surface area contributed by atoms with E-state index in [1.165, 1.54) is 0 Å². The molecule has 126 valence electrons. The Morgan fingerprint density at radius 1 is 1.38 bits per heavy atom. The van der Waals surface area contributed by atoms with Crippen LogP contribution in [0.1, 0.15) is 24.4 Å². The van der Waals surface area contributed by atoms with Gasteiger partial charge in [0.2, 0.25) is 0 Å². The van der Waals surface area contributed by atoms with Gasteiger partial charge in [0, 0.05) is 18.1 Å². The van der Waals surface area contributed by atoms with Crippen LogP contribution in [0.15, 0.2) is 43.1 Å². The monoisotopic (exact) mass is 326 g/mol. The zero-order chi connectivity index (χ0) is 16.7. The topological polar surface area (TPSA) is 25.4 Å². The molecule has 3 aliphatic rings. The van der Waals surface area contributed by atoms with E-state index in [4.69, 9.17) is 4.74 Å². The maximum atomic E-state index is 15.2. The lowest BCUT2D eigenvalue weighted by Gasteiger charge is -2.36. The third-order valence-electron chi connectivity index (χ3n) is 5.71. The molecule has 3 fully saturated rings. The third-order valence-corrected chi connectivity index (χ3v) is 5.71. The molecule has 0 spiro atoms. The Bertz CT molecular complexity index is 762. The maximum Gasteiger partial charge on any atom is 0.120 e. The summed E-state index contributed by atoms with van der Waals surface area (Å²) in [5, 5.41) is 0.991. The average Bonchev–Trinajstić information content (AvgIpc) is 2.86. The largest absolute Gasteiger partial charge is 0.497 e. The maximum absolute atomic E-state index is 15.2. The molecule has 0 N–H and O–H groups in total. The molecule has 24 heavy (non-hydrogen) atoms. The van der Waals surface area contributed by atoms with Gasteiger partial charge in [0.15, 0.2) is 0 Å². The molecule has 0 amide bonds. The summed E-state index contributed by atoms with van der Waals surface area (Å²) >= 11 is 0. The molecule has 0 aliphatic carbocycles. The second-order valence-electron chi connectivity index (χ2n) is 6.92. The van der Waals surface area contributed by atoms with Crippen molar-refractivity contribution < 1.29 is 9.13 Å². The normalized spacial score (nSPS) is 32.5. The summed E-state index contributed by atoms with van der Waals surface area (Å²) in [5.41, 5.74) is 1.91. The molecule has 4 heteroatoms. The zero-order valence-electron chi connectivity index (χ0n) is 14.0. The summed E-state index contributed by atoms with van der Waals surface area (Å²) in [6.45, 7) is 5.81. The third kappa shape index (κ3) is 2.49. The molecular weight excluding hydrogens is 303 g/mol. The zero-order valence-corrected chi connectivity index (χ0v) is 14.0. The van der Waals surface area contributed by atoms with Crippen LogP contribution < -0.4 is 4.74 Å². The van der Waals surface area contributed by atoms with Crippen molar-refractivity contribution >= 4 is 10.9 Å². The number of hydrogen-bond donors (Lipinski definition) is 0. The second kappa shape index (κ2) is 6.17. The number of rotatable bonds is 3. The Labute approximate surface area is 142 Å². The second-order valence-corrected chi connectivity index (χ2v) is 6.92. The molecule has 5 atom stereocenters. The van der Waals surface area contributed by atoms with Crippen LogP contribution in [0.2, 0.25) is 0 Å². The van der Waals surface area contributed by atoms with Crippen molar-refractivity contribution in [3.8, 4) is 5.75 Å². The van der Waals surface area contributed by atoms with Gasteiger partial charge in [0.05, 0.1) is 18.7 Å². The molecule has 1 aromatic carbocycles. The molecule has 3 nitrogen and oxygen atoms in total. The predicted molar refractivity (Wildman–Crippen MR) is 93.9 cm³/mol. The number of aromatic nitrogens is 1. The lowest BCUT2D eigenvalue weighted by Crippen LogP contribution is -2.39. The van der Waals surface area contributed by atoms with E-state index < -0.39 is 6.17 Å². The summed E-state index contributed by atoms with van der Waals surface area (Å²) in [6.07, 6.45) is 4.62. The summed E-state index contributed by atoms with van der Waals surface area (Å²) in [7, 11) is 1.65. The first kappa shape index (κ1) is 15.6. The summed E-state index contributed by atoms with van der Waals surface area (Å²) < 4.78 is 20.6. The lowest BCUT2D eigenvalue weighted by atomic mass is 9.84. The number of alkyl halides is 1. The van der Waals surface area contributed by atoms with E-state index in [0.717, 1.165) is 41.7 Å². The minimum absolute atomic E-state index is 0.211. The number of ether oxygens (including phenoxy) is 1. The van der Waals surface area contributed by atoms with Crippen LogP contribution >= 0.6 is 0 Å². The Hall–Kier alpha value is -1.94. The van der Waals surface area contributed by atoms with Crippen molar-refractivity contribution in [1.82, 2.24) is 9.88 Å². The molecule has 1 unspecified atom stereocenters. The summed E-state index contributed by atoms with van der Waals surface area (Å²) in [4.78, 5) is 6.74. The van der Waals surface area contributed by atoms with Gasteiger partial charge >= 0.3 is 0 Å². The van der Waals surface area contributed by atoms with Gasteiger partial charge in [0.25, 0.3) is 0 Å². The van der Waals surface area contributed by atoms with Gasteiger partial charge in [0.1, 0.15) is 11.9 Å². The summed E-state index contributed by atoms with van der Waals surface area (Å²) in [5.74, 6) is 1.59. The molecule has 2 aromatic rings. The highest BCUT2D eigenvalue weighted by atomic mass is 19.1. The molecule has 0 saturated carbocycles. The van der Waals surface area contributed by atoms with Gasteiger partial charge in [-0.2, -0.15) is 0 Å². The molecule has 2 bridgehead atoms. The van der Waals surface area contributed by atoms with Crippen LogP contribution in [0.25, 0.3) is 10.9 Å². The molecular formula is C20H23FN2O. The van der Waals surface area contributed by atoms with Gasteiger partial charge in [-0.1, -0.05) is 6.08 Å². The van der Waals surface area contributed by atoms with Crippen molar-refractivity contribution in [3.63, 3.8) is 0 Å². The van der Waals surface area contributed by atoms with E-state index in [9.17, 15) is 0 Å². The van der Waals surface area contributed by atoms with Gasteiger partial charge in [-0.3, -0.25) is 9.88 Å². The van der Waals surface area contributed by atoms with Gasteiger partial charge < -0.3 is 4.74 Å². The minimum atomic E-state index is -0.862. The van der Waals surface area contributed by atoms with E-state index >= 15 is 4.39 Å². The number of benzene rings is 1. The Balaban J connectivity index is 1.82. The van der Waals surface area contributed by atoms with Crippen molar-refractivity contribution in [2.45, 2.75) is 25.1 Å². The van der Waals surface area contributed by atoms with Crippen LogP contribution in [-0.2, 0) is 0 Å². The van der Waals surface area contributed by atoms with Crippen LogP contribution in [0.5, 0.6) is 5.75 Å². The fraction of sp³-hybridized carbons (Fsp3) is 0.450. The number of methoxy groups -OCH3 is 1. The van der Waals surface area contributed by atoms with E-state index in [1.807, 2.05) is 30.3 Å². The van der Waals surface area contributed by atoms with Crippen LogP contribution in [-0.4, -0.2) is 36.3 Å². The Morgan fingerprint density at radius 2 is 2.25 bits per heavy atom. The van der Waals surface area contributed by atoms with Crippen molar-refractivity contribution in [2.75, 3.05) is 20.2 Å². The van der Waals surface area contributed by atoms with Crippen molar-refractivity contribution in [1.29, 1.82) is 0 Å². The van der Waals surface area contributed by atoms with E-state index in [2.05, 4.69) is 16.5 Å². The standard InChI is InChI=1S/C20H23FN2O/c1-3-13-12-23-9-7-14(13)10-18(21)20(23)16-6-8-22-19-5-4-15(24-2)11-17(16)19/h3-6,8,11,13-14,18,20H,1,7,9-10,12H2,2H3/t13-,14-,18+,20-/m0/s1. The molecule has 3 saturated heterocycles. The minimum Gasteiger partial charge on any atom is -0.497 e. The highest BCUT2D eigenvalue weighted by molar-refractivity contribution is 5.84. The van der Waals surface area contributed by atoms with Crippen LogP contribution in [0.4, 0.5) is 4.39 Å². The number of nitrogens with zero attached hydrogens (tertiary/aromatic N) is 2. The molecule has 1 aromatic heterocycles. The lowest BCUT2D eigenvalue weighted by molar-refractivity contribution is 0.113. The SMILES string of the molecule is C=C[C@H]1CN2CC[C@H]1C[C@@H](F)[C@@H]2c1ccnc2ccc(OC)cc12. The molecule has 3 aliphatic heterocycles. The van der Waals surface area contributed by atoms with E-state index in [1.54, 1.807) is 13.3 Å².